The Morgan fingerprint density at radius 3 is 2.47 bits per heavy atom. The van der Waals surface area contributed by atoms with Crippen molar-refractivity contribution >= 4 is 11.6 Å². The number of piperidine rings is 1. The van der Waals surface area contributed by atoms with Gasteiger partial charge in [0, 0.05) is 43.3 Å². The van der Waals surface area contributed by atoms with Crippen molar-refractivity contribution in [1.29, 1.82) is 0 Å². The molecule has 184 valence electrons. The van der Waals surface area contributed by atoms with Gasteiger partial charge < -0.3 is 10.1 Å². The Hall–Kier alpha value is -1.59. The molecule has 1 aliphatic carbocycles. The van der Waals surface area contributed by atoms with Crippen molar-refractivity contribution in [2.24, 2.45) is 5.41 Å². The first-order valence-electron chi connectivity index (χ1n) is 13.1. The van der Waals surface area contributed by atoms with Crippen molar-refractivity contribution in [3.63, 3.8) is 0 Å². The van der Waals surface area contributed by atoms with Crippen molar-refractivity contribution in [2.75, 3.05) is 39.8 Å². The number of benzene rings is 2. The fraction of sp³-hybridized carbons (Fsp3) is 0.586. The van der Waals surface area contributed by atoms with Gasteiger partial charge in [-0.1, -0.05) is 43.6 Å². The van der Waals surface area contributed by atoms with Gasteiger partial charge in [0.05, 0.1) is 7.11 Å². The third kappa shape index (κ3) is 4.75. The van der Waals surface area contributed by atoms with E-state index < -0.39 is 0 Å². The monoisotopic (exact) mass is 481 g/mol. The Labute approximate surface area is 210 Å². The van der Waals surface area contributed by atoms with E-state index in [9.17, 15) is 0 Å². The highest BCUT2D eigenvalue weighted by Gasteiger charge is 2.51. The highest BCUT2D eigenvalue weighted by atomic mass is 35.5. The Balaban J connectivity index is 1.43. The minimum atomic E-state index is 0.389. The molecule has 5 rings (SSSR count). The number of nitrogens with zero attached hydrogens (tertiary/aromatic N) is 2. The van der Waals surface area contributed by atoms with Crippen molar-refractivity contribution in [1.82, 2.24) is 15.1 Å². The van der Waals surface area contributed by atoms with Crippen LogP contribution in [0.2, 0.25) is 5.02 Å². The molecule has 4 nitrogen and oxygen atoms in total. The molecule has 2 saturated heterocycles. The van der Waals surface area contributed by atoms with Gasteiger partial charge in [0.25, 0.3) is 0 Å². The number of hydrogen-bond donors (Lipinski definition) is 1. The minimum absolute atomic E-state index is 0.389. The van der Waals surface area contributed by atoms with E-state index in [4.69, 9.17) is 16.3 Å². The molecule has 3 aliphatic rings. The number of halogens is 1. The first-order valence-corrected chi connectivity index (χ1v) is 13.5. The molecule has 2 aliphatic heterocycles. The van der Waals surface area contributed by atoms with Crippen molar-refractivity contribution in [2.45, 2.75) is 64.1 Å². The third-order valence-electron chi connectivity index (χ3n) is 8.72. The van der Waals surface area contributed by atoms with Gasteiger partial charge in [-0.2, -0.15) is 0 Å². The summed E-state index contributed by atoms with van der Waals surface area (Å²) >= 11 is 6.60. The Kier molecular flexibility index (Phi) is 7.22. The van der Waals surface area contributed by atoms with E-state index in [1.54, 1.807) is 7.11 Å². The van der Waals surface area contributed by atoms with E-state index in [1.165, 1.54) is 55.5 Å². The average molecular weight is 482 g/mol. The molecule has 2 heterocycles. The molecule has 3 fully saturated rings. The third-order valence-corrected chi connectivity index (χ3v) is 8.96. The van der Waals surface area contributed by atoms with E-state index in [-0.39, 0.29) is 0 Å². The molecule has 2 unspecified atom stereocenters. The predicted molar refractivity (Wildman–Crippen MR) is 141 cm³/mol. The summed E-state index contributed by atoms with van der Waals surface area (Å²) < 4.78 is 5.36. The van der Waals surface area contributed by atoms with Crippen LogP contribution < -0.4 is 10.1 Å². The van der Waals surface area contributed by atoms with Gasteiger partial charge in [-0.25, -0.2) is 0 Å². The summed E-state index contributed by atoms with van der Waals surface area (Å²) in [6, 6.07) is 16.2. The van der Waals surface area contributed by atoms with Crippen LogP contribution >= 0.6 is 11.6 Å². The lowest BCUT2D eigenvalue weighted by molar-refractivity contribution is -0.0905. The summed E-state index contributed by atoms with van der Waals surface area (Å²) in [7, 11) is 1.73. The van der Waals surface area contributed by atoms with Gasteiger partial charge in [0.1, 0.15) is 5.75 Å². The van der Waals surface area contributed by atoms with Crippen molar-refractivity contribution in [3.8, 4) is 5.75 Å². The van der Waals surface area contributed by atoms with E-state index in [0.29, 0.717) is 23.4 Å². The summed E-state index contributed by atoms with van der Waals surface area (Å²) in [5.74, 6) is 1.41. The smallest absolute Gasteiger partial charge is 0.118 e. The summed E-state index contributed by atoms with van der Waals surface area (Å²) in [6.45, 7) is 11.2. The first kappa shape index (κ1) is 24.1. The second kappa shape index (κ2) is 10.2. The van der Waals surface area contributed by atoms with Gasteiger partial charge in [-0.15, -0.1) is 0 Å². The molecule has 5 heteroatoms. The number of piperazine rings is 1. The lowest BCUT2D eigenvalue weighted by Gasteiger charge is -2.60. The van der Waals surface area contributed by atoms with Crippen LogP contribution in [-0.2, 0) is 6.54 Å². The van der Waals surface area contributed by atoms with Gasteiger partial charge in [0.15, 0.2) is 0 Å². The number of methoxy groups -OCH3 is 1. The van der Waals surface area contributed by atoms with Crippen LogP contribution in [0, 0.1) is 5.41 Å². The van der Waals surface area contributed by atoms with Gasteiger partial charge in [0.2, 0.25) is 0 Å². The van der Waals surface area contributed by atoms with E-state index in [1.807, 2.05) is 0 Å². The van der Waals surface area contributed by atoms with E-state index >= 15 is 0 Å². The van der Waals surface area contributed by atoms with Crippen LogP contribution in [0.4, 0.5) is 0 Å². The highest BCUT2D eigenvalue weighted by Crippen LogP contribution is 2.53. The zero-order valence-corrected chi connectivity index (χ0v) is 21.8. The van der Waals surface area contributed by atoms with Crippen LogP contribution in [0.15, 0.2) is 42.5 Å². The quantitative estimate of drug-likeness (QED) is 0.559. The molecule has 1 spiro atoms. The van der Waals surface area contributed by atoms with Crippen LogP contribution in [-0.4, -0.2) is 55.7 Å². The molecule has 34 heavy (non-hydrogen) atoms. The van der Waals surface area contributed by atoms with Gasteiger partial charge >= 0.3 is 0 Å². The predicted octanol–water partition coefficient (Wildman–Crippen LogP) is 5.86. The lowest BCUT2D eigenvalue weighted by atomic mass is 9.58. The molecule has 0 aromatic heterocycles. The average Bonchev–Trinajstić information content (AvgIpc) is 2.85. The Bertz CT molecular complexity index is 970. The summed E-state index contributed by atoms with van der Waals surface area (Å²) in [6.07, 6.45) is 5.38. The number of ether oxygens (including phenoxy) is 1. The molecule has 0 bridgehead atoms. The fourth-order valence-electron chi connectivity index (χ4n) is 6.70. The molecule has 2 aromatic rings. The number of hydrogen-bond acceptors (Lipinski definition) is 4. The molecule has 0 radical (unpaired) electrons. The minimum Gasteiger partial charge on any atom is -0.497 e. The Morgan fingerprint density at radius 2 is 1.82 bits per heavy atom. The van der Waals surface area contributed by atoms with Gasteiger partial charge in [-0.3, -0.25) is 9.80 Å². The normalized spacial score (nSPS) is 25.4. The van der Waals surface area contributed by atoms with E-state index in [2.05, 4.69) is 71.4 Å². The molecular formula is C29H40ClN3O. The van der Waals surface area contributed by atoms with Crippen LogP contribution in [0.1, 0.15) is 68.2 Å². The number of nitrogens with one attached hydrogen (secondary N) is 1. The largest absolute Gasteiger partial charge is 0.497 e. The SMILES string of the molecule is COc1ccc(CN2CCN(C3CCC34CCNCC4)C(c3cc(Cl)ccc3C(C)C)C2)cc1. The highest BCUT2D eigenvalue weighted by molar-refractivity contribution is 6.30. The van der Waals surface area contributed by atoms with Gasteiger partial charge in [-0.05, 0) is 91.1 Å². The van der Waals surface area contributed by atoms with Crippen molar-refractivity contribution in [3.05, 3.63) is 64.2 Å². The maximum Gasteiger partial charge on any atom is 0.118 e. The zero-order valence-electron chi connectivity index (χ0n) is 21.0. The van der Waals surface area contributed by atoms with E-state index in [0.717, 1.165) is 37.0 Å². The molecule has 0 amide bonds. The molecule has 2 atom stereocenters. The van der Waals surface area contributed by atoms with Crippen molar-refractivity contribution < 1.29 is 4.74 Å². The second-order valence-corrected chi connectivity index (χ2v) is 11.4. The van der Waals surface area contributed by atoms with Crippen LogP contribution in [0.3, 0.4) is 0 Å². The molecule has 2 aromatic carbocycles. The molecular weight excluding hydrogens is 442 g/mol. The summed E-state index contributed by atoms with van der Waals surface area (Å²) in [4.78, 5) is 5.53. The maximum atomic E-state index is 6.60. The summed E-state index contributed by atoms with van der Waals surface area (Å²) in [5.41, 5.74) is 4.75. The fourth-order valence-corrected chi connectivity index (χ4v) is 6.88. The standard InChI is InChI=1S/C29H40ClN3O/c1-21(2)25-9-6-23(30)18-26(25)27-20-32(19-22-4-7-24(34-3)8-5-22)16-17-33(27)28-10-11-29(28)12-14-31-15-13-29/h4-9,18,21,27-28,31H,10-17,19-20H2,1-3H3. The lowest BCUT2D eigenvalue weighted by Crippen LogP contribution is -2.63. The second-order valence-electron chi connectivity index (χ2n) is 10.9. The number of rotatable bonds is 6. The first-order chi connectivity index (χ1) is 16.5. The Morgan fingerprint density at radius 1 is 1.06 bits per heavy atom. The maximum absolute atomic E-state index is 6.60. The summed E-state index contributed by atoms with van der Waals surface area (Å²) in [5, 5.41) is 4.45. The molecule has 1 saturated carbocycles. The topological polar surface area (TPSA) is 27.7 Å². The van der Waals surface area contributed by atoms with Crippen LogP contribution in [0.5, 0.6) is 5.75 Å². The van der Waals surface area contributed by atoms with Crippen LogP contribution in [0.25, 0.3) is 0 Å². The molecule has 1 N–H and O–H groups in total. The zero-order chi connectivity index (χ0) is 23.7.